The van der Waals surface area contributed by atoms with Gasteiger partial charge in [-0.25, -0.2) is 0 Å². The van der Waals surface area contributed by atoms with Crippen molar-refractivity contribution in [1.29, 1.82) is 0 Å². The molecule has 1 N–H and O–H groups in total. The van der Waals surface area contributed by atoms with Crippen molar-refractivity contribution in [1.82, 2.24) is 9.78 Å². The summed E-state index contributed by atoms with van der Waals surface area (Å²) in [6.45, 7) is 6.75. The van der Waals surface area contributed by atoms with Gasteiger partial charge in [0.15, 0.2) is 0 Å². The fraction of sp³-hybridized carbons (Fsp3) is 0.357. The van der Waals surface area contributed by atoms with Crippen molar-refractivity contribution >= 4 is 0 Å². The van der Waals surface area contributed by atoms with Crippen LogP contribution in [0.5, 0.6) is 0 Å². The third-order valence-corrected chi connectivity index (χ3v) is 3.04. The van der Waals surface area contributed by atoms with Crippen LogP contribution >= 0.6 is 0 Å². The topological polar surface area (TPSA) is 37.8 Å². The van der Waals surface area contributed by atoms with Gasteiger partial charge in [0, 0.05) is 12.2 Å². The van der Waals surface area contributed by atoms with Crippen LogP contribution in [0.1, 0.15) is 25.1 Å². The van der Waals surface area contributed by atoms with E-state index in [1.165, 1.54) is 5.56 Å². The van der Waals surface area contributed by atoms with Gasteiger partial charge < -0.3 is 0 Å². The van der Waals surface area contributed by atoms with Crippen LogP contribution in [0.15, 0.2) is 29.1 Å². The van der Waals surface area contributed by atoms with Gasteiger partial charge in [0.1, 0.15) is 0 Å². The van der Waals surface area contributed by atoms with Crippen LogP contribution in [0.25, 0.3) is 11.1 Å². The minimum atomic E-state index is 0.0770. The fourth-order valence-electron chi connectivity index (χ4n) is 2.03. The number of hydrogen-bond donors (Lipinski definition) is 1. The zero-order valence-corrected chi connectivity index (χ0v) is 10.6. The molecule has 0 bridgehead atoms. The van der Waals surface area contributed by atoms with Crippen LogP contribution < -0.4 is 5.56 Å². The Morgan fingerprint density at radius 2 is 1.82 bits per heavy atom. The summed E-state index contributed by atoms with van der Waals surface area (Å²) >= 11 is 0. The van der Waals surface area contributed by atoms with Gasteiger partial charge in [0.25, 0.3) is 5.56 Å². The largest absolute Gasteiger partial charge is 0.299 e. The molecule has 0 saturated carbocycles. The molecule has 0 unspecified atom stereocenters. The lowest BCUT2D eigenvalue weighted by molar-refractivity contribution is 0.629. The van der Waals surface area contributed by atoms with Crippen LogP contribution in [-0.4, -0.2) is 9.78 Å². The van der Waals surface area contributed by atoms with Crippen LogP contribution in [-0.2, 0) is 13.0 Å². The minimum absolute atomic E-state index is 0.0770. The molecule has 0 radical (unpaired) electrons. The molecule has 1 heterocycles. The molecule has 2 rings (SSSR count). The maximum absolute atomic E-state index is 12.2. The molecule has 0 spiro atoms. The van der Waals surface area contributed by atoms with E-state index in [-0.39, 0.29) is 5.56 Å². The molecule has 0 atom stereocenters. The summed E-state index contributed by atoms with van der Waals surface area (Å²) in [4.78, 5) is 12.2. The summed E-state index contributed by atoms with van der Waals surface area (Å²) in [7, 11) is 0. The first-order valence-electron chi connectivity index (χ1n) is 6.06. The number of aryl methyl sites for hydroxylation is 3. The van der Waals surface area contributed by atoms with Gasteiger partial charge in [-0.1, -0.05) is 36.8 Å². The normalized spacial score (nSPS) is 10.8. The summed E-state index contributed by atoms with van der Waals surface area (Å²) < 4.78 is 1.66. The summed E-state index contributed by atoms with van der Waals surface area (Å²) in [6, 6.07) is 8.10. The molecule has 0 saturated heterocycles. The SMILES string of the molecule is CCc1[nH]n(CC)c(=O)c1-c1ccc(C)cc1. The highest BCUT2D eigenvalue weighted by Gasteiger charge is 2.13. The quantitative estimate of drug-likeness (QED) is 0.865. The number of nitrogens with one attached hydrogen (secondary N) is 1. The monoisotopic (exact) mass is 230 g/mol. The Morgan fingerprint density at radius 1 is 1.18 bits per heavy atom. The Labute approximate surface area is 101 Å². The summed E-state index contributed by atoms with van der Waals surface area (Å²) in [5.74, 6) is 0. The van der Waals surface area contributed by atoms with Crippen LogP contribution in [0.2, 0.25) is 0 Å². The lowest BCUT2D eigenvalue weighted by atomic mass is 10.0. The molecule has 90 valence electrons. The molecule has 0 fully saturated rings. The first kappa shape index (κ1) is 11.7. The number of aromatic amines is 1. The van der Waals surface area contributed by atoms with E-state index in [1.54, 1.807) is 4.68 Å². The zero-order valence-electron chi connectivity index (χ0n) is 10.6. The first-order valence-corrected chi connectivity index (χ1v) is 6.06. The molecule has 1 aromatic carbocycles. The van der Waals surface area contributed by atoms with Gasteiger partial charge in [0.2, 0.25) is 0 Å². The van der Waals surface area contributed by atoms with Gasteiger partial charge in [-0.3, -0.25) is 14.6 Å². The van der Waals surface area contributed by atoms with Crippen molar-refractivity contribution in [3.05, 3.63) is 45.9 Å². The lowest BCUT2D eigenvalue weighted by Gasteiger charge is -2.00. The van der Waals surface area contributed by atoms with E-state index in [1.807, 2.05) is 38.1 Å². The zero-order chi connectivity index (χ0) is 12.4. The predicted octanol–water partition coefficient (Wildman–Crippen LogP) is 2.73. The second-order valence-electron chi connectivity index (χ2n) is 4.23. The minimum Gasteiger partial charge on any atom is -0.299 e. The van der Waals surface area contributed by atoms with Crippen LogP contribution in [0, 0.1) is 6.92 Å². The van der Waals surface area contributed by atoms with Crippen molar-refractivity contribution in [2.75, 3.05) is 0 Å². The molecular weight excluding hydrogens is 212 g/mol. The second kappa shape index (κ2) is 4.62. The van der Waals surface area contributed by atoms with Crippen molar-refractivity contribution in [3.8, 4) is 11.1 Å². The molecule has 0 aliphatic heterocycles. The van der Waals surface area contributed by atoms with Crippen LogP contribution in [0.4, 0.5) is 0 Å². The Kier molecular flexibility index (Phi) is 3.18. The number of rotatable bonds is 3. The summed E-state index contributed by atoms with van der Waals surface area (Å²) in [6.07, 6.45) is 0.839. The smallest absolute Gasteiger partial charge is 0.274 e. The number of H-pyrrole nitrogens is 1. The van der Waals surface area contributed by atoms with Crippen molar-refractivity contribution in [2.45, 2.75) is 33.7 Å². The van der Waals surface area contributed by atoms with Crippen molar-refractivity contribution in [3.63, 3.8) is 0 Å². The average molecular weight is 230 g/mol. The molecule has 2 aromatic rings. The Balaban J connectivity index is 2.61. The van der Waals surface area contributed by atoms with Crippen LogP contribution in [0.3, 0.4) is 0 Å². The number of aromatic nitrogens is 2. The highest BCUT2D eigenvalue weighted by atomic mass is 16.1. The molecule has 3 nitrogen and oxygen atoms in total. The molecule has 1 aromatic heterocycles. The Bertz CT molecular complexity index is 561. The molecule has 0 aliphatic rings. The van der Waals surface area contributed by atoms with E-state index in [4.69, 9.17) is 0 Å². The molecule has 17 heavy (non-hydrogen) atoms. The van der Waals surface area contributed by atoms with Crippen molar-refractivity contribution < 1.29 is 0 Å². The standard InChI is InChI=1S/C14H18N2O/c1-4-12-13(14(17)16(5-2)15-12)11-8-6-10(3)7-9-11/h6-9,15H,4-5H2,1-3H3. The van der Waals surface area contributed by atoms with Gasteiger partial charge in [-0.05, 0) is 25.8 Å². The predicted molar refractivity (Wildman–Crippen MR) is 70.3 cm³/mol. The highest BCUT2D eigenvalue weighted by molar-refractivity contribution is 5.65. The summed E-state index contributed by atoms with van der Waals surface area (Å²) in [5.41, 5.74) is 4.11. The van der Waals surface area contributed by atoms with E-state index in [9.17, 15) is 4.79 Å². The van der Waals surface area contributed by atoms with E-state index in [2.05, 4.69) is 12.0 Å². The van der Waals surface area contributed by atoms with E-state index >= 15 is 0 Å². The lowest BCUT2D eigenvalue weighted by Crippen LogP contribution is -2.16. The molecule has 0 amide bonds. The second-order valence-corrected chi connectivity index (χ2v) is 4.23. The van der Waals surface area contributed by atoms with E-state index < -0.39 is 0 Å². The molecule has 0 aliphatic carbocycles. The number of nitrogens with zero attached hydrogens (tertiary/aromatic N) is 1. The maximum Gasteiger partial charge on any atom is 0.274 e. The van der Waals surface area contributed by atoms with Gasteiger partial charge in [-0.15, -0.1) is 0 Å². The average Bonchev–Trinajstić information content (AvgIpc) is 2.67. The maximum atomic E-state index is 12.2. The third kappa shape index (κ3) is 2.05. The number of benzene rings is 1. The fourth-order valence-corrected chi connectivity index (χ4v) is 2.03. The molecule has 3 heteroatoms. The van der Waals surface area contributed by atoms with Gasteiger partial charge >= 0.3 is 0 Å². The summed E-state index contributed by atoms with van der Waals surface area (Å²) in [5, 5.41) is 3.17. The van der Waals surface area contributed by atoms with E-state index in [0.717, 1.165) is 23.2 Å². The Hall–Kier alpha value is -1.77. The van der Waals surface area contributed by atoms with Gasteiger partial charge in [0.05, 0.1) is 5.56 Å². The van der Waals surface area contributed by atoms with Crippen molar-refractivity contribution in [2.24, 2.45) is 0 Å². The van der Waals surface area contributed by atoms with Gasteiger partial charge in [-0.2, -0.15) is 0 Å². The molecular formula is C14H18N2O. The Morgan fingerprint density at radius 3 is 2.35 bits per heavy atom. The number of hydrogen-bond acceptors (Lipinski definition) is 1. The first-order chi connectivity index (χ1) is 8.17. The van der Waals surface area contributed by atoms with E-state index in [0.29, 0.717) is 6.54 Å². The third-order valence-electron chi connectivity index (χ3n) is 3.04. The highest BCUT2D eigenvalue weighted by Crippen LogP contribution is 2.20.